The second-order valence-electron chi connectivity index (χ2n) is 7.38. The van der Waals surface area contributed by atoms with Crippen LogP contribution in [-0.4, -0.2) is 46.8 Å². The van der Waals surface area contributed by atoms with Gasteiger partial charge < -0.3 is 10.4 Å². The zero-order chi connectivity index (χ0) is 13.8. The molecule has 0 radical (unpaired) electrons. The lowest BCUT2D eigenvalue weighted by atomic mass is 9.98. The Morgan fingerprint density at radius 1 is 1.17 bits per heavy atom. The number of hydrogen-bond acceptors (Lipinski definition) is 3. The molecular weight excluding hydrogens is 224 g/mol. The summed E-state index contributed by atoms with van der Waals surface area (Å²) >= 11 is 0. The third-order valence-corrected chi connectivity index (χ3v) is 3.63. The van der Waals surface area contributed by atoms with E-state index in [2.05, 4.69) is 31.0 Å². The Morgan fingerprint density at radius 3 is 2.39 bits per heavy atom. The molecule has 108 valence electrons. The van der Waals surface area contributed by atoms with Crippen LogP contribution in [0.5, 0.6) is 0 Å². The van der Waals surface area contributed by atoms with Gasteiger partial charge in [0, 0.05) is 24.7 Å². The van der Waals surface area contributed by atoms with E-state index in [0.29, 0.717) is 6.04 Å². The maximum absolute atomic E-state index is 9.85. The molecule has 2 N–H and O–H groups in total. The summed E-state index contributed by atoms with van der Waals surface area (Å²) < 4.78 is 0. The largest absolute Gasteiger partial charge is 0.390 e. The highest BCUT2D eigenvalue weighted by Gasteiger charge is 2.25. The predicted molar refractivity (Wildman–Crippen MR) is 77.9 cm³/mol. The van der Waals surface area contributed by atoms with Gasteiger partial charge in [-0.3, -0.25) is 4.90 Å². The van der Waals surface area contributed by atoms with Crippen molar-refractivity contribution in [2.24, 2.45) is 0 Å². The minimum Gasteiger partial charge on any atom is -0.390 e. The molecule has 0 amide bonds. The van der Waals surface area contributed by atoms with Crippen LogP contribution in [0.25, 0.3) is 0 Å². The molecule has 0 aromatic heterocycles. The van der Waals surface area contributed by atoms with Gasteiger partial charge in [0.1, 0.15) is 0 Å². The molecule has 0 aliphatic carbocycles. The van der Waals surface area contributed by atoms with Gasteiger partial charge in [0.2, 0.25) is 0 Å². The number of nitrogens with zero attached hydrogens (tertiary/aromatic N) is 1. The van der Waals surface area contributed by atoms with E-state index < -0.39 is 5.60 Å². The van der Waals surface area contributed by atoms with Crippen LogP contribution in [0, 0.1) is 0 Å². The van der Waals surface area contributed by atoms with Gasteiger partial charge in [-0.25, -0.2) is 0 Å². The van der Waals surface area contributed by atoms with Crippen LogP contribution >= 0.6 is 0 Å². The van der Waals surface area contributed by atoms with Crippen molar-refractivity contribution in [3.05, 3.63) is 0 Å². The van der Waals surface area contributed by atoms with E-state index in [1.54, 1.807) is 0 Å². The number of likely N-dealkylation sites (tertiary alicyclic amines) is 1. The predicted octanol–water partition coefficient (Wildman–Crippen LogP) is 2.39. The molecule has 1 rings (SSSR count). The fraction of sp³-hybridized carbons (Fsp3) is 1.00. The van der Waals surface area contributed by atoms with Gasteiger partial charge in [-0.1, -0.05) is 6.42 Å². The highest BCUT2D eigenvalue weighted by atomic mass is 16.3. The first kappa shape index (κ1) is 15.9. The van der Waals surface area contributed by atoms with Crippen LogP contribution < -0.4 is 5.32 Å². The van der Waals surface area contributed by atoms with Gasteiger partial charge in [0.05, 0.1) is 5.60 Å². The normalized spacial score (nSPS) is 23.3. The SMILES string of the molecule is CC(C)(O)CCN1CCCCC1CNC(C)(C)C. The van der Waals surface area contributed by atoms with Crippen LogP contribution in [0.1, 0.15) is 60.3 Å². The molecule has 1 aliphatic heterocycles. The average molecular weight is 256 g/mol. The maximum atomic E-state index is 9.85. The van der Waals surface area contributed by atoms with Gasteiger partial charge in [0.15, 0.2) is 0 Å². The van der Waals surface area contributed by atoms with Crippen molar-refractivity contribution in [1.82, 2.24) is 10.2 Å². The van der Waals surface area contributed by atoms with E-state index in [1.807, 2.05) is 13.8 Å². The monoisotopic (exact) mass is 256 g/mol. The fourth-order valence-electron chi connectivity index (χ4n) is 2.43. The Morgan fingerprint density at radius 2 is 1.83 bits per heavy atom. The molecule has 3 heteroatoms. The van der Waals surface area contributed by atoms with Crippen molar-refractivity contribution >= 4 is 0 Å². The second-order valence-corrected chi connectivity index (χ2v) is 7.38. The minimum absolute atomic E-state index is 0.194. The van der Waals surface area contributed by atoms with Crippen LogP contribution in [0.15, 0.2) is 0 Å². The summed E-state index contributed by atoms with van der Waals surface area (Å²) in [5.74, 6) is 0. The Kier molecular flexibility index (Phi) is 5.63. The lowest BCUT2D eigenvalue weighted by Gasteiger charge is -2.38. The summed E-state index contributed by atoms with van der Waals surface area (Å²) in [7, 11) is 0. The molecule has 1 fully saturated rings. The lowest BCUT2D eigenvalue weighted by molar-refractivity contribution is 0.0433. The van der Waals surface area contributed by atoms with Gasteiger partial charge >= 0.3 is 0 Å². The Labute approximate surface area is 113 Å². The van der Waals surface area contributed by atoms with Crippen molar-refractivity contribution in [2.75, 3.05) is 19.6 Å². The van der Waals surface area contributed by atoms with Crippen molar-refractivity contribution < 1.29 is 5.11 Å². The smallest absolute Gasteiger partial charge is 0.0603 e. The number of aliphatic hydroxyl groups is 1. The first-order chi connectivity index (χ1) is 8.17. The topological polar surface area (TPSA) is 35.5 Å². The molecule has 0 spiro atoms. The summed E-state index contributed by atoms with van der Waals surface area (Å²) in [5.41, 5.74) is -0.348. The number of piperidine rings is 1. The summed E-state index contributed by atoms with van der Waals surface area (Å²) in [4.78, 5) is 2.56. The highest BCUT2D eigenvalue weighted by molar-refractivity contribution is 4.83. The van der Waals surface area contributed by atoms with E-state index in [9.17, 15) is 5.11 Å². The van der Waals surface area contributed by atoms with E-state index >= 15 is 0 Å². The summed E-state index contributed by atoms with van der Waals surface area (Å²) in [5, 5.41) is 13.5. The number of hydrogen-bond donors (Lipinski definition) is 2. The highest BCUT2D eigenvalue weighted by Crippen LogP contribution is 2.19. The Hall–Kier alpha value is -0.120. The summed E-state index contributed by atoms with van der Waals surface area (Å²) in [6.07, 6.45) is 4.79. The Balaban J connectivity index is 2.42. The first-order valence-electron chi connectivity index (χ1n) is 7.39. The molecule has 0 aromatic rings. The molecule has 1 atom stereocenters. The second kappa shape index (κ2) is 6.36. The number of nitrogens with one attached hydrogen (secondary N) is 1. The molecule has 0 bridgehead atoms. The third kappa shape index (κ3) is 6.72. The van der Waals surface area contributed by atoms with Crippen molar-refractivity contribution in [3.63, 3.8) is 0 Å². The van der Waals surface area contributed by atoms with Crippen LogP contribution in [0.4, 0.5) is 0 Å². The molecule has 1 saturated heterocycles. The molecule has 1 heterocycles. The molecule has 1 aliphatic rings. The van der Waals surface area contributed by atoms with E-state index in [4.69, 9.17) is 0 Å². The lowest BCUT2D eigenvalue weighted by Crippen LogP contribution is -2.50. The third-order valence-electron chi connectivity index (χ3n) is 3.63. The minimum atomic E-state index is -0.542. The standard InChI is InChI=1S/C15H32N2O/c1-14(2,3)16-12-13-8-6-7-10-17(13)11-9-15(4,5)18/h13,16,18H,6-12H2,1-5H3. The number of rotatable bonds is 5. The maximum Gasteiger partial charge on any atom is 0.0603 e. The van der Waals surface area contributed by atoms with Gasteiger partial charge in [-0.05, 0) is 60.4 Å². The molecule has 0 aromatic carbocycles. The van der Waals surface area contributed by atoms with Gasteiger partial charge in [-0.15, -0.1) is 0 Å². The molecule has 3 nitrogen and oxygen atoms in total. The van der Waals surface area contributed by atoms with Crippen molar-refractivity contribution in [1.29, 1.82) is 0 Å². The Bertz CT molecular complexity index is 214. The fourth-order valence-corrected chi connectivity index (χ4v) is 2.43. The zero-order valence-corrected chi connectivity index (χ0v) is 12.9. The van der Waals surface area contributed by atoms with Crippen molar-refractivity contribution in [3.8, 4) is 0 Å². The quantitative estimate of drug-likeness (QED) is 0.793. The van der Waals surface area contributed by atoms with Crippen LogP contribution in [0.2, 0.25) is 0 Å². The summed E-state index contributed by atoms with van der Waals surface area (Å²) in [6, 6.07) is 0.639. The van der Waals surface area contributed by atoms with E-state index in [1.165, 1.54) is 25.8 Å². The summed E-state index contributed by atoms with van der Waals surface area (Å²) in [6.45, 7) is 13.7. The van der Waals surface area contributed by atoms with Crippen LogP contribution in [0.3, 0.4) is 0 Å². The molecular formula is C15H32N2O. The van der Waals surface area contributed by atoms with Gasteiger partial charge in [-0.2, -0.15) is 0 Å². The van der Waals surface area contributed by atoms with E-state index in [0.717, 1.165) is 19.5 Å². The van der Waals surface area contributed by atoms with E-state index in [-0.39, 0.29) is 5.54 Å². The molecule has 0 saturated carbocycles. The molecule has 1 unspecified atom stereocenters. The van der Waals surface area contributed by atoms with Crippen molar-refractivity contribution in [2.45, 2.75) is 77.5 Å². The van der Waals surface area contributed by atoms with Gasteiger partial charge in [0.25, 0.3) is 0 Å². The zero-order valence-electron chi connectivity index (χ0n) is 12.9. The molecule has 18 heavy (non-hydrogen) atoms. The van der Waals surface area contributed by atoms with Crippen LogP contribution in [-0.2, 0) is 0 Å². The first-order valence-corrected chi connectivity index (χ1v) is 7.39. The average Bonchev–Trinajstić information content (AvgIpc) is 2.22.